The maximum absolute atomic E-state index is 4.12. The molecule has 16 heavy (non-hydrogen) atoms. The fourth-order valence-corrected chi connectivity index (χ4v) is 1.33. The van der Waals surface area contributed by atoms with Crippen LogP contribution >= 0.6 is 0 Å². The van der Waals surface area contributed by atoms with Gasteiger partial charge >= 0.3 is 0 Å². The lowest BCUT2D eigenvalue weighted by molar-refractivity contribution is 1.22. The molecule has 0 heterocycles. The largest absolute Gasteiger partial charge is 0.121 e. The van der Waals surface area contributed by atoms with E-state index in [-0.39, 0.29) is 0 Å². The van der Waals surface area contributed by atoms with Crippen LogP contribution in [0.3, 0.4) is 0 Å². The zero-order valence-corrected chi connectivity index (χ0v) is 10.0. The van der Waals surface area contributed by atoms with Crippen molar-refractivity contribution >= 4 is 0 Å². The Hall–Kier alpha value is -1.78. The molecule has 0 radical (unpaired) electrons. The van der Waals surface area contributed by atoms with E-state index in [1.807, 2.05) is 24.3 Å². The molecule has 0 spiro atoms. The van der Waals surface area contributed by atoms with E-state index < -0.39 is 0 Å². The van der Waals surface area contributed by atoms with E-state index in [4.69, 9.17) is 0 Å². The molecular weight excluding hydrogens is 192 g/mol. The van der Waals surface area contributed by atoms with Crippen molar-refractivity contribution in [2.24, 2.45) is 0 Å². The van der Waals surface area contributed by atoms with Crippen molar-refractivity contribution in [1.82, 2.24) is 0 Å². The highest BCUT2D eigenvalue weighted by Gasteiger charge is 2.00. The molecule has 0 bridgehead atoms. The van der Waals surface area contributed by atoms with Gasteiger partial charge in [0, 0.05) is 0 Å². The zero-order valence-electron chi connectivity index (χ0n) is 10.0. The lowest BCUT2D eigenvalue weighted by atomic mass is 9.99. The van der Waals surface area contributed by atoms with E-state index in [0.29, 0.717) is 0 Å². The maximum Gasteiger partial charge on any atom is -0.0181 e. The van der Waals surface area contributed by atoms with Gasteiger partial charge in [-0.1, -0.05) is 43.9 Å². The molecule has 0 fully saturated rings. The van der Waals surface area contributed by atoms with Gasteiger partial charge in [-0.25, -0.2) is 0 Å². The van der Waals surface area contributed by atoms with Crippen LogP contribution in [0.5, 0.6) is 0 Å². The predicted molar refractivity (Wildman–Crippen MR) is 72.2 cm³/mol. The van der Waals surface area contributed by atoms with E-state index in [9.17, 15) is 0 Å². The smallest absolute Gasteiger partial charge is 0.0181 e. The summed E-state index contributed by atoms with van der Waals surface area (Å²) in [5.74, 6) is 0. The van der Waals surface area contributed by atoms with Gasteiger partial charge in [0.25, 0.3) is 0 Å². The molecule has 82 valence electrons. The summed E-state index contributed by atoms with van der Waals surface area (Å²) < 4.78 is 0. The fourth-order valence-electron chi connectivity index (χ4n) is 1.33. The molecule has 0 amide bonds. The van der Waals surface area contributed by atoms with Crippen LogP contribution in [0, 0.1) is 0 Å². The summed E-state index contributed by atoms with van der Waals surface area (Å²) in [4.78, 5) is 0. The lowest BCUT2D eigenvalue weighted by Crippen LogP contribution is -1.86. The second-order valence-electron chi connectivity index (χ2n) is 3.65. The van der Waals surface area contributed by atoms with Crippen molar-refractivity contribution in [2.45, 2.75) is 20.3 Å². The minimum Gasteiger partial charge on any atom is -0.121 e. The van der Waals surface area contributed by atoms with Crippen molar-refractivity contribution in [3.63, 3.8) is 0 Å². The third-order valence-electron chi connectivity index (χ3n) is 2.37. The molecule has 0 nitrogen and oxygen atoms in total. The molecule has 0 atom stereocenters. The molecule has 1 aliphatic carbocycles. The summed E-state index contributed by atoms with van der Waals surface area (Å²) >= 11 is 0. The van der Waals surface area contributed by atoms with Crippen molar-refractivity contribution in [2.75, 3.05) is 0 Å². The Morgan fingerprint density at radius 1 is 1.44 bits per heavy atom. The Labute approximate surface area is 98.4 Å². The molecule has 1 aliphatic rings. The second kappa shape index (κ2) is 6.66. The molecule has 0 saturated carbocycles. The second-order valence-corrected chi connectivity index (χ2v) is 3.65. The van der Waals surface area contributed by atoms with Crippen molar-refractivity contribution in [3.05, 3.63) is 77.6 Å². The maximum atomic E-state index is 4.12. The van der Waals surface area contributed by atoms with Crippen molar-refractivity contribution in [3.8, 4) is 0 Å². The van der Waals surface area contributed by atoms with Crippen LogP contribution in [0.2, 0.25) is 0 Å². The minimum atomic E-state index is 1.06. The monoisotopic (exact) mass is 210 g/mol. The SMILES string of the molecule is C=C(C1=CC=C=CC=C1)/C(C)=C/C=C\CC. The van der Waals surface area contributed by atoms with Crippen LogP contribution in [0.1, 0.15) is 20.3 Å². The Bertz CT molecular complexity index is 431. The molecule has 0 saturated heterocycles. The summed E-state index contributed by atoms with van der Waals surface area (Å²) in [5.41, 5.74) is 6.43. The Morgan fingerprint density at radius 2 is 2.25 bits per heavy atom. The van der Waals surface area contributed by atoms with Gasteiger partial charge in [0.05, 0.1) is 0 Å². The Balaban J connectivity index is 2.79. The Morgan fingerprint density at radius 3 is 3.00 bits per heavy atom. The van der Waals surface area contributed by atoms with Crippen LogP contribution in [0.4, 0.5) is 0 Å². The molecule has 0 aliphatic heterocycles. The van der Waals surface area contributed by atoms with E-state index in [2.05, 4.69) is 50.5 Å². The Kier molecular flexibility index (Phi) is 5.11. The third-order valence-corrected chi connectivity index (χ3v) is 2.37. The van der Waals surface area contributed by atoms with Gasteiger partial charge in [-0.15, -0.1) is 5.73 Å². The van der Waals surface area contributed by atoms with Crippen LogP contribution in [-0.4, -0.2) is 0 Å². The highest BCUT2D eigenvalue weighted by molar-refractivity contribution is 5.52. The normalized spacial score (nSPS) is 15.4. The minimum absolute atomic E-state index is 1.06. The number of hydrogen-bond acceptors (Lipinski definition) is 0. The quantitative estimate of drug-likeness (QED) is 0.467. The van der Waals surface area contributed by atoms with E-state index >= 15 is 0 Å². The van der Waals surface area contributed by atoms with Crippen molar-refractivity contribution in [1.29, 1.82) is 0 Å². The average molecular weight is 210 g/mol. The zero-order chi connectivity index (χ0) is 11.8. The fraction of sp³-hybridized carbons (Fsp3) is 0.188. The summed E-state index contributed by atoms with van der Waals surface area (Å²) in [6.07, 6.45) is 17.3. The summed E-state index contributed by atoms with van der Waals surface area (Å²) in [7, 11) is 0. The molecule has 0 aromatic carbocycles. The molecule has 0 aromatic rings. The van der Waals surface area contributed by atoms with Gasteiger partial charge in [-0.3, -0.25) is 0 Å². The lowest BCUT2D eigenvalue weighted by Gasteiger charge is -2.05. The number of allylic oxidation sites excluding steroid dienone is 10. The van der Waals surface area contributed by atoms with Crippen LogP contribution in [0.25, 0.3) is 0 Å². The van der Waals surface area contributed by atoms with Gasteiger partial charge in [0.1, 0.15) is 0 Å². The molecule has 0 aromatic heterocycles. The number of hydrogen-bond donors (Lipinski definition) is 0. The summed E-state index contributed by atoms with van der Waals surface area (Å²) in [5, 5.41) is 0. The predicted octanol–water partition coefficient (Wildman–Crippen LogP) is 4.66. The van der Waals surface area contributed by atoms with Gasteiger partial charge in [-0.2, -0.15) is 0 Å². The van der Waals surface area contributed by atoms with E-state index in [1.54, 1.807) is 0 Å². The molecular formula is C16H18. The summed E-state index contributed by atoms with van der Waals surface area (Å²) in [6.45, 7) is 8.32. The first-order valence-corrected chi connectivity index (χ1v) is 5.58. The molecule has 0 N–H and O–H groups in total. The van der Waals surface area contributed by atoms with Crippen LogP contribution < -0.4 is 0 Å². The average Bonchev–Trinajstić information content (AvgIpc) is 2.56. The summed E-state index contributed by atoms with van der Waals surface area (Å²) in [6, 6.07) is 0. The number of rotatable bonds is 4. The molecule has 0 heteroatoms. The van der Waals surface area contributed by atoms with Crippen molar-refractivity contribution < 1.29 is 0 Å². The first-order valence-electron chi connectivity index (χ1n) is 5.58. The van der Waals surface area contributed by atoms with Crippen LogP contribution in [0.15, 0.2) is 77.6 Å². The topological polar surface area (TPSA) is 0 Å². The van der Waals surface area contributed by atoms with Gasteiger partial charge in [0.2, 0.25) is 0 Å². The van der Waals surface area contributed by atoms with E-state index in [0.717, 1.165) is 17.6 Å². The van der Waals surface area contributed by atoms with Gasteiger partial charge in [0.15, 0.2) is 0 Å². The van der Waals surface area contributed by atoms with Crippen LogP contribution in [-0.2, 0) is 0 Å². The van der Waals surface area contributed by atoms with E-state index in [1.165, 1.54) is 5.57 Å². The van der Waals surface area contributed by atoms with Gasteiger partial charge in [-0.05, 0) is 48.3 Å². The molecule has 1 rings (SSSR count). The standard InChI is InChI=1S/C16H18/c1-4-5-8-11-14(2)15(3)16-12-9-6-7-10-13-16/h5-6,8-13H,3-4H2,1-2H3/b8-5-,14-11+. The first-order chi connectivity index (χ1) is 7.75. The highest BCUT2D eigenvalue weighted by Crippen LogP contribution is 2.19. The highest BCUT2D eigenvalue weighted by atomic mass is 14.0. The molecule has 0 unspecified atom stereocenters. The third kappa shape index (κ3) is 3.76. The first kappa shape index (κ1) is 12.3. The van der Waals surface area contributed by atoms with Gasteiger partial charge < -0.3 is 0 Å².